The Balaban J connectivity index is 1.93. The van der Waals surface area contributed by atoms with Crippen LogP contribution < -0.4 is 10.6 Å². The third kappa shape index (κ3) is 2.75. The van der Waals surface area contributed by atoms with Crippen LogP contribution in [0.25, 0.3) is 22.2 Å². The first-order valence-electron chi connectivity index (χ1n) is 8.16. The highest BCUT2D eigenvalue weighted by Gasteiger charge is 2.20. The van der Waals surface area contributed by atoms with E-state index >= 15 is 0 Å². The molecule has 1 aromatic carbocycles. The van der Waals surface area contributed by atoms with E-state index in [9.17, 15) is 5.26 Å². The van der Waals surface area contributed by atoms with E-state index in [1.165, 1.54) is 0 Å². The van der Waals surface area contributed by atoms with Gasteiger partial charge in [-0.25, -0.2) is 9.97 Å². The number of nitriles is 1. The predicted octanol–water partition coefficient (Wildman–Crippen LogP) is 2.59. The lowest BCUT2D eigenvalue weighted by Gasteiger charge is -2.29. The molecule has 0 bridgehead atoms. The van der Waals surface area contributed by atoms with Gasteiger partial charge in [-0.05, 0) is 12.1 Å². The van der Waals surface area contributed by atoms with Gasteiger partial charge in [0.15, 0.2) is 0 Å². The second-order valence-corrected chi connectivity index (χ2v) is 5.87. The quantitative estimate of drug-likeness (QED) is 0.776. The Kier molecular flexibility index (Phi) is 3.92. The number of nitrogen functional groups attached to an aromatic ring is 1. The highest BCUT2D eigenvalue weighted by molar-refractivity contribution is 5.97. The van der Waals surface area contributed by atoms with E-state index in [0.717, 1.165) is 35.6 Å². The fraction of sp³-hybridized carbons (Fsp3) is 0.211. The monoisotopic (exact) mass is 331 g/mol. The molecule has 2 aromatic heterocycles. The van der Waals surface area contributed by atoms with Gasteiger partial charge in [0.25, 0.3) is 0 Å². The Morgan fingerprint density at radius 3 is 2.52 bits per heavy atom. The number of nitrogens with zero attached hydrogens (tertiary/aromatic N) is 4. The molecule has 0 spiro atoms. The first kappa shape index (κ1) is 15.4. The number of rotatable bonds is 2. The van der Waals surface area contributed by atoms with E-state index in [1.807, 2.05) is 42.5 Å². The van der Waals surface area contributed by atoms with Crippen LogP contribution in [0.15, 0.2) is 42.5 Å². The highest BCUT2D eigenvalue weighted by atomic mass is 16.5. The molecule has 6 heteroatoms. The summed E-state index contributed by atoms with van der Waals surface area (Å²) in [4.78, 5) is 11.3. The standard InChI is InChI=1S/C19H17N5O/c20-12-15-17-14(6-7-16(22-17)13-4-2-1-3-5-13)19(23-18(15)21)24-8-10-25-11-9-24/h1-7H,8-11H2,(H2,21,23). The molecule has 1 fully saturated rings. The van der Waals surface area contributed by atoms with E-state index in [-0.39, 0.29) is 5.82 Å². The first-order chi connectivity index (χ1) is 12.3. The zero-order valence-electron chi connectivity index (χ0n) is 13.6. The molecule has 2 N–H and O–H groups in total. The van der Waals surface area contributed by atoms with Gasteiger partial charge >= 0.3 is 0 Å². The summed E-state index contributed by atoms with van der Waals surface area (Å²) >= 11 is 0. The molecule has 25 heavy (non-hydrogen) atoms. The third-order valence-electron chi connectivity index (χ3n) is 4.35. The number of morpholine rings is 1. The number of hydrogen-bond acceptors (Lipinski definition) is 6. The number of hydrogen-bond donors (Lipinski definition) is 1. The zero-order valence-corrected chi connectivity index (χ0v) is 13.6. The summed E-state index contributed by atoms with van der Waals surface area (Å²) in [5.41, 5.74) is 8.79. The number of benzene rings is 1. The molecular formula is C19H17N5O. The van der Waals surface area contributed by atoms with E-state index < -0.39 is 0 Å². The maximum Gasteiger partial charge on any atom is 0.146 e. The van der Waals surface area contributed by atoms with Gasteiger partial charge in [-0.1, -0.05) is 30.3 Å². The Morgan fingerprint density at radius 1 is 1.04 bits per heavy atom. The van der Waals surface area contributed by atoms with Crippen molar-refractivity contribution in [1.29, 1.82) is 5.26 Å². The van der Waals surface area contributed by atoms with Crippen LogP contribution in [0.5, 0.6) is 0 Å². The minimum Gasteiger partial charge on any atom is -0.382 e. The maximum atomic E-state index is 9.54. The van der Waals surface area contributed by atoms with E-state index in [4.69, 9.17) is 15.5 Å². The van der Waals surface area contributed by atoms with Crippen LogP contribution in [0.1, 0.15) is 5.56 Å². The van der Waals surface area contributed by atoms with Crippen LogP contribution in [0.3, 0.4) is 0 Å². The van der Waals surface area contributed by atoms with Gasteiger partial charge < -0.3 is 15.4 Å². The number of pyridine rings is 2. The van der Waals surface area contributed by atoms with Gasteiger partial charge in [0.2, 0.25) is 0 Å². The molecule has 1 saturated heterocycles. The van der Waals surface area contributed by atoms with Crippen LogP contribution >= 0.6 is 0 Å². The molecule has 1 aliphatic rings. The zero-order chi connectivity index (χ0) is 17.2. The molecule has 0 saturated carbocycles. The number of anilines is 2. The summed E-state index contributed by atoms with van der Waals surface area (Å²) < 4.78 is 5.42. The average Bonchev–Trinajstić information content (AvgIpc) is 2.68. The molecule has 0 amide bonds. The smallest absolute Gasteiger partial charge is 0.146 e. The molecule has 3 aromatic rings. The normalized spacial score (nSPS) is 14.4. The molecule has 0 radical (unpaired) electrons. The second kappa shape index (κ2) is 6.38. The summed E-state index contributed by atoms with van der Waals surface area (Å²) in [5.74, 6) is 0.983. The molecule has 0 atom stereocenters. The van der Waals surface area contributed by atoms with Gasteiger partial charge in [0.05, 0.1) is 24.4 Å². The van der Waals surface area contributed by atoms with Crippen LogP contribution in [0.2, 0.25) is 0 Å². The minimum atomic E-state index is 0.217. The van der Waals surface area contributed by atoms with Crippen LogP contribution in [-0.4, -0.2) is 36.3 Å². The van der Waals surface area contributed by atoms with Crippen molar-refractivity contribution in [2.75, 3.05) is 36.9 Å². The Morgan fingerprint density at radius 2 is 1.80 bits per heavy atom. The molecule has 3 heterocycles. The first-order valence-corrected chi connectivity index (χ1v) is 8.16. The Labute approximate surface area is 145 Å². The summed E-state index contributed by atoms with van der Waals surface area (Å²) in [6.07, 6.45) is 0. The summed E-state index contributed by atoms with van der Waals surface area (Å²) in [6.45, 7) is 2.79. The van der Waals surface area contributed by atoms with E-state index in [0.29, 0.717) is 24.3 Å². The maximum absolute atomic E-state index is 9.54. The van der Waals surface area contributed by atoms with Crippen LogP contribution in [0, 0.1) is 11.3 Å². The molecule has 0 aliphatic carbocycles. The van der Waals surface area contributed by atoms with Gasteiger partial charge in [-0.2, -0.15) is 5.26 Å². The summed E-state index contributed by atoms with van der Waals surface area (Å²) in [6, 6.07) is 16.0. The molecule has 0 unspecified atom stereocenters. The lowest BCUT2D eigenvalue weighted by molar-refractivity contribution is 0.122. The van der Waals surface area contributed by atoms with Crippen LogP contribution in [-0.2, 0) is 4.74 Å². The number of ether oxygens (including phenoxy) is 1. The van der Waals surface area contributed by atoms with Crippen molar-refractivity contribution in [3.63, 3.8) is 0 Å². The summed E-state index contributed by atoms with van der Waals surface area (Å²) in [7, 11) is 0. The molecule has 4 rings (SSSR count). The van der Waals surface area contributed by atoms with Gasteiger partial charge in [0, 0.05) is 24.0 Å². The fourth-order valence-corrected chi connectivity index (χ4v) is 3.08. The van der Waals surface area contributed by atoms with Crippen molar-refractivity contribution in [3.05, 3.63) is 48.0 Å². The average molecular weight is 331 g/mol. The van der Waals surface area contributed by atoms with Crippen LogP contribution in [0.4, 0.5) is 11.6 Å². The Bertz CT molecular complexity index is 959. The number of nitrogens with two attached hydrogens (primary N) is 1. The fourth-order valence-electron chi connectivity index (χ4n) is 3.08. The van der Waals surface area contributed by atoms with Crippen molar-refractivity contribution < 1.29 is 4.74 Å². The van der Waals surface area contributed by atoms with Gasteiger partial charge in [0.1, 0.15) is 23.3 Å². The predicted molar refractivity (Wildman–Crippen MR) is 97.1 cm³/mol. The van der Waals surface area contributed by atoms with Crippen molar-refractivity contribution >= 4 is 22.5 Å². The topological polar surface area (TPSA) is 88.1 Å². The molecule has 124 valence electrons. The van der Waals surface area contributed by atoms with Crippen molar-refractivity contribution in [1.82, 2.24) is 9.97 Å². The van der Waals surface area contributed by atoms with Crippen molar-refractivity contribution in [3.8, 4) is 17.3 Å². The molecule has 6 nitrogen and oxygen atoms in total. The molecule has 1 aliphatic heterocycles. The summed E-state index contributed by atoms with van der Waals surface area (Å²) in [5, 5.41) is 10.4. The SMILES string of the molecule is N#Cc1c(N)nc(N2CCOCC2)c2ccc(-c3ccccc3)nc12. The third-order valence-corrected chi connectivity index (χ3v) is 4.35. The Hall–Kier alpha value is -3.17. The van der Waals surface area contributed by atoms with Crippen molar-refractivity contribution in [2.24, 2.45) is 0 Å². The van der Waals surface area contributed by atoms with Crippen molar-refractivity contribution in [2.45, 2.75) is 0 Å². The van der Waals surface area contributed by atoms with Gasteiger partial charge in [-0.3, -0.25) is 0 Å². The second-order valence-electron chi connectivity index (χ2n) is 5.87. The number of aromatic nitrogens is 2. The largest absolute Gasteiger partial charge is 0.382 e. The highest BCUT2D eigenvalue weighted by Crippen LogP contribution is 2.32. The van der Waals surface area contributed by atoms with E-state index in [2.05, 4.69) is 16.0 Å². The van der Waals surface area contributed by atoms with Gasteiger partial charge in [-0.15, -0.1) is 0 Å². The molecular weight excluding hydrogens is 314 g/mol. The lowest BCUT2D eigenvalue weighted by atomic mass is 10.1. The minimum absolute atomic E-state index is 0.217. The lowest BCUT2D eigenvalue weighted by Crippen LogP contribution is -2.37. The number of fused-ring (bicyclic) bond motifs is 1. The van der Waals surface area contributed by atoms with E-state index in [1.54, 1.807) is 0 Å².